The number of carboxylic acid groups (broad SMARTS) is 1. The summed E-state index contributed by atoms with van der Waals surface area (Å²) in [6.07, 6.45) is 7.02. The molecule has 224 valence electrons. The molecule has 9 nitrogen and oxygen atoms in total. The van der Waals surface area contributed by atoms with E-state index in [1.54, 1.807) is 18.2 Å². The smallest absolute Gasteiger partial charge is 0.325 e. The predicted molar refractivity (Wildman–Crippen MR) is 151 cm³/mol. The first kappa shape index (κ1) is 33.5. The zero-order valence-electron chi connectivity index (χ0n) is 24.6. The quantitative estimate of drug-likeness (QED) is 0.374. The number of esters is 1. The SMILES string of the molecule is C[C@@H]1C[C@H](C)C[C@H](C)[C@@H](O)CC(=O)O[C@H]([C@@H]2CCC[C@H]2C(=O)N[C@@H](C)C(=O)O)C/C=C/C=C(/C#N)[C@H](O)[C@@H](C)C1. The number of aliphatic carboxylic acids is 1. The Morgan fingerprint density at radius 2 is 1.73 bits per heavy atom. The molecule has 0 bridgehead atoms. The first-order valence-corrected chi connectivity index (χ1v) is 14.7. The number of amides is 1. The van der Waals surface area contributed by atoms with E-state index in [1.807, 2.05) is 13.8 Å². The van der Waals surface area contributed by atoms with E-state index in [2.05, 4.69) is 25.2 Å². The average Bonchev–Trinajstić information content (AvgIpc) is 3.36. The lowest BCUT2D eigenvalue weighted by atomic mass is 9.82. The average molecular weight is 561 g/mol. The number of carbonyl (C=O) groups excluding carboxylic acids is 2. The van der Waals surface area contributed by atoms with E-state index < -0.39 is 42.2 Å². The van der Waals surface area contributed by atoms with E-state index >= 15 is 0 Å². The van der Waals surface area contributed by atoms with Crippen LogP contribution in [0.5, 0.6) is 0 Å². The predicted octanol–water partition coefficient (Wildman–Crippen LogP) is 4.14. The maximum atomic E-state index is 13.0. The number of carboxylic acids is 1. The summed E-state index contributed by atoms with van der Waals surface area (Å²) >= 11 is 0. The van der Waals surface area contributed by atoms with Crippen molar-refractivity contribution >= 4 is 17.8 Å². The number of aliphatic hydroxyl groups is 2. The Balaban J connectivity index is 2.33. The third-order valence-corrected chi connectivity index (χ3v) is 8.55. The standard InChI is InChI=1S/C31H48N2O7/c1-18-13-19(2)15-21(4)29(36)23(17-32)9-6-7-12-27(40-28(35)16-26(34)20(3)14-18)24-10-8-11-25(24)30(37)33-22(5)31(38)39/h6-7,9,18-22,24-27,29,34,36H,8,10-16H2,1-5H3,(H,33,37)(H,38,39)/b7-6+,23-9-/t18-,19+,20-,21-,22-,24+,25+,26-,27-,29+/m0/s1. The summed E-state index contributed by atoms with van der Waals surface area (Å²) in [6, 6.07) is 1.07. The second-order valence-electron chi connectivity index (χ2n) is 12.3. The lowest BCUT2D eigenvalue weighted by Gasteiger charge is -2.29. The number of rotatable bonds is 4. The minimum absolute atomic E-state index is 0.108. The largest absolute Gasteiger partial charge is 0.480 e. The molecule has 0 saturated heterocycles. The van der Waals surface area contributed by atoms with Gasteiger partial charge in [-0.1, -0.05) is 46.3 Å². The van der Waals surface area contributed by atoms with Crippen molar-refractivity contribution in [3.8, 4) is 6.07 Å². The molecule has 1 amide bonds. The first-order chi connectivity index (χ1) is 18.8. The van der Waals surface area contributed by atoms with Crippen molar-refractivity contribution in [1.29, 1.82) is 5.26 Å². The van der Waals surface area contributed by atoms with Gasteiger partial charge in [0.2, 0.25) is 5.91 Å². The molecule has 0 unspecified atom stereocenters. The van der Waals surface area contributed by atoms with E-state index in [-0.39, 0.29) is 42.1 Å². The van der Waals surface area contributed by atoms with Crippen LogP contribution in [0.1, 0.15) is 86.0 Å². The van der Waals surface area contributed by atoms with Crippen LogP contribution in [0.25, 0.3) is 0 Å². The van der Waals surface area contributed by atoms with Gasteiger partial charge < -0.3 is 25.4 Å². The molecule has 1 aliphatic heterocycles. The minimum Gasteiger partial charge on any atom is -0.480 e. The highest BCUT2D eigenvalue weighted by Gasteiger charge is 2.40. The molecule has 1 saturated carbocycles. The number of aliphatic hydroxyl groups excluding tert-OH is 2. The Morgan fingerprint density at radius 1 is 1.07 bits per heavy atom. The van der Waals surface area contributed by atoms with Gasteiger partial charge in [-0.15, -0.1) is 0 Å². The third-order valence-electron chi connectivity index (χ3n) is 8.55. The van der Waals surface area contributed by atoms with Gasteiger partial charge in [0.05, 0.1) is 30.3 Å². The summed E-state index contributed by atoms with van der Waals surface area (Å²) in [5.74, 6) is -2.48. The summed E-state index contributed by atoms with van der Waals surface area (Å²) < 4.78 is 5.89. The van der Waals surface area contributed by atoms with Crippen LogP contribution in [0.3, 0.4) is 0 Å². The highest BCUT2D eigenvalue weighted by molar-refractivity contribution is 5.85. The van der Waals surface area contributed by atoms with Crippen molar-refractivity contribution in [3.05, 3.63) is 23.8 Å². The van der Waals surface area contributed by atoms with E-state index in [0.717, 1.165) is 25.7 Å². The summed E-state index contributed by atoms with van der Waals surface area (Å²) in [4.78, 5) is 37.2. The molecule has 2 aliphatic rings. The van der Waals surface area contributed by atoms with Crippen LogP contribution in [-0.4, -0.2) is 57.5 Å². The van der Waals surface area contributed by atoms with Crippen molar-refractivity contribution in [2.75, 3.05) is 0 Å². The number of cyclic esters (lactones) is 1. The van der Waals surface area contributed by atoms with E-state index in [1.165, 1.54) is 6.92 Å². The molecular formula is C31H48N2O7. The van der Waals surface area contributed by atoms with Crippen molar-refractivity contribution in [2.24, 2.45) is 35.5 Å². The fourth-order valence-electron chi connectivity index (χ4n) is 6.37. The molecule has 0 aromatic heterocycles. The van der Waals surface area contributed by atoms with Gasteiger partial charge >= 0.3 is 11.9 Å². The molecular weight excluding hydrogens is 512 g/mol. The second-order valence-corrected chi connectivity index (χ2v) is 12.3. The number of hydrogen-bond donors (Lipinski definition) is 4. The van der Waals surface area contributed by atoms with Crippen LogP contribution in [0.2, 0.25) is 0 Å². The third kappa shape index (κ3) is 10.0. The van der Waals surface area contributed by atoms with Crippen LogP contribution in [0.4, 0.5) is 0 Å². The van der Waals surface area contributed by atoms with Gasteiger partial charge in [0.15, 0.2) is 0 Å². The summed E-state index contributed by atoms with van der Waals surface area (Å²) in [5, 5.41) is 43.1. The number of nitrogens with one attached hydrogen (secondary N) is 1. The van der Waals surface area contributed by atoms with Crippen LogP contribution in [0, 0.1) is 46.8 Å². The summed E-state index contributed by atoms with van der Waals surface area (Å²) in [7, 11) is 0. The molecule has 1 aliphatic carbocycles. The van der Waals surface area contributed by atoms with Gasteiger partial charge in [0.25, 0.3) is 0 Å². The van der Waals surface area contributed by atoms with Crippen LogP contribution in [-0.2, 0) is 19.1 Å². The van der Waals surface area contributed by atoms with Crippen molar-refractivity contribution in [2.45, 2.75) is 110 Å². The molecule has 9 heteroatoms. The number of allylic oxidation sites excluding steroid dienone is 2. The Morgan fingerprint density at radius 3 is 2.35 bits per heavy atom. The molecule has 1 fully saturated rings. The molecule has 0 aromatic carbocycles. The number of carbonyl (C=O) groups is 3. The fourth-order valence-corrected chi connectivity index (χ4v) is 6.37. The topological polar surface area (TPSA) is 157 Å². The lowest BCUT2D eigenvalue weighted by molar-refractivity contribution is -0.156. The van der Waals surface area contributed by atoms with Gasteiger partial charge in [0.1, 0.15) is 12.1 Å². The molecule has 0 spiro atoms. The van der Waals surface area contributed by atoms with Crippen LogP contribution < -0.4 is 5.32 Å². The first-order valence-electron chi connectivity index (χ1n) is 14.7. The maximum Gasteiger partial charge on any atom is 0.325 e. The van der Waals surface area contributed by atoms with E-state index in [0.29, 0.717) is 24.7 Å². The number of hydrogen-bond acceptors (Lipinski definition) is 7. The van der Waals surface area contributed by atoms with Crippen molar-refractivity contribution in [1.82, 2.24) is 5.32 Å². The molecule has 10 atom stereocenters. The lowest BCUT2D eigenvalue weighted by Crippen LogP contribution is -2.44. The van der Waals surface area contributed by atoms with Gasteiger partial charge in [-0.3, -0.25) is 14.4 Å². The van der Waals surface area contributed by atoms with Gasteiger partial charge in [-0.2, -0.15) is 5.26 Å². The van der Waals surface area contributed by atoms with Crippen LogP contribution in [0.15, 0.2) is 23.8 Å². The molecule has 0 aromatic rings. The van der Waals surface area contributed by atoms with E-state index in [9.17, 15) is 35.0 Å². The Kier molecular flexibility index (Phi) is 13.3. The summed E-state index contributed by atoms with van der Waals surface area (Å²) in [6.45, 7) is 9.52. The second kappa shape index (κ2) is 15.9. The molecule has 0 radical (unpaired) electrons. The van der Waals surface area contributed by atoms with Crippen molar-refractivity contribution in [3.63, 3.8) is 0 Å². The van der Waals surface area contributed by atoms with Crippen molar-refractivity contribution < 1.29 is 34.4 Å². The molecule has 2 rings (SSSR count). The molecule has 1 heterocycles. The molecule has 40 heavy (non-hydrogen) atoms. The van der Waals surface area contributed by atoms with Gasteiger partial charge in [-0.25, -0.2) is 0 Å². The zero-order valence-corrected chi connectivity index (χ0v) is 24.6. The number of nitriles is 1. The number of ether oxygens (including phenoxy) is 1. The Bertz CT molecular complexity index is 971. The normalized spacial score (nSPS) is 37.9. The highest BCUT2D eigenvalue weighted by atomic mass is 16.5. The Hall–Kier alpha value is -2.70. The minimum atomic E-state index is -1.13. The van der Waals surface area contributed by atoms with E-state index in [4.69, 9.17) is 4.74 Å². The summed E-state index contributed by atoms with van der Waals surface area (Å²) in [5.41, 5.74) is 0.260. The van der Waals surface area contributed by atoms with Gasteiger partial charge in [-0.05, 0) is 68.8 Å². The monoisotopic (exact) mass is 560 g/mol. The highest BCUT2D eigenvalue weighted by Crippen LogP contribution is 2.37. The fraction of sp³-hybridized carbons (Fsp3) is 0.742. The number of nitrogens with zero attached hydrogens (tertiary/aromatic N) is 1. The molecule has 4 N–H and O–H groups in total. The maximum absolute atomic E-state index is 13.0. The van der Waals surface area contributed by atoms with Crippen LogP contribution >= 0.6 is 0 Å². The Labute approximate surface area is 238 Å². The van der Waals surface area contributed by atoms with Gasteiger partial charge in [0, 0.05) is 18.3 Å². The zero-order chi connectivity index (χ0) is 30.0.